The van der Waals surface area contributed by atoms with Crippen molar-refractivity contribution in [3.05, 3.63) is 109 Å². The number of nitrogens with one attached hydrogen (secondary N) is 1. The molecule has 0 saturated heterocycles. The van der Waals surface area contributed by atoms with Crippen LogP contribution < -0.4 is 19.5 Å². The number of ether oxygens (including phenoxy) is 3. The van der Waals surface area contributed by atoms with Gasteiger partial charge in [-0.15, -0.1) is 5.10 Å². The molecule has 1 N–H and O–H groups in total. The first-order valence-corrected chi connectivity index (χ1v) is 13.1. The Morgan fingerprint density at radius 3 is 2.11 bits per heavy atom. The van der Waals surface area contributed by atoms with Crippen LogP contribution in [-0.4, -0.2) is 39.6 Å². The molecule has 0 fully saturated rings. The van der Waals surface area contributed by atoms with Crippen LogP contribution in [0.2, 0.25) is 0 Å². The van der Waals surface area contributed by atoms with E-state index in [4.69, 9.17) is 9.47 Å². The molecule has 0 unspecified atom stereocenters. The number of hydrogen-bond donors (Lipinski definition) is 1. The lowest BCUT2D eigenvalue weighted by molar-refractivity contribution is -0.360. The van der Waals surface area contributed by atoms with Gasteiger partial charge in [0.05, 0.1) is 17.9 Å². The number of anilines is 1. The van der Waals surface area contributed by atoms with Gasteiger partial charge in [-0.3, -0.25) is 4.79 Å². The van der Waals surface area contributed by atoms with Gasteiger partial charge in [-0.2, -0.15) is 22.0 Å². The average molecular weight is 611 g/mol. The van der Waals surface area contributed by atoms with Gasteiger partial charge in [0.2, 0.25) is 0 Å². The molecule has 0 radical (unpaired) electrons. The Morgan fingerprint density at radius 1 is 0.818 bits per heavy atom. The van der Waals surface area contributed by atoms with Crippen LogP contribution in [0.4, 0.5) is 27.6 Å². The van der Waals surface area contributed by atoms with Crippen molar-refractivity contribution in [3.8, 4) is 40.1 Å². The first-order valence-electron chi connectivity index (χ1n) is 13.1. The third-order valence-electron chi connectivity index (χ3n) is 6.07. The van der Waals surface area contributed by atoms with Crippen LogP contribution in [0.5, 0.6) is 23.0 Å². The maximum Gasteiger partial charge on any atom is 0.499 e. The van der Waals surface area contributed by atoms with Gasteiger partial charge in [-0.05, 0) is 79.7 Å². The van der Waals surface area contributed by atoms with Crippen molar-refractivity contribution in [1.82, 2.24) is 14.8 Å². The largest absolute Gasteiger partial charge is 0.499 e. The molecule has 44 heavy (non-hydrogen) atoms. The van der Waals surface area contributed by atoms with E-state index in [-0.39, 0.29) is 0 Å². The highest BCUT2D eigenvalue weighted by molar-refractivity contribution is 6.06. The predicted molar refractivity (Wildman–Crippen MR) is 151 cm³/mol. The number of amides is 1. The first kappa shape index (κ1) is 30.0. The number of aromatic nitrogens is 3. The maximum atomic E-state index is 13.1. The van der Waals surface area contributed by atoms with Gasteiger partial charge >= 0.3 is 12.3 Å². The smallest absolute Gasteiger partial charge is 0.490 e. The molecule has 0 spiro atoms. The summed E-state index contributed by atoms with van der Waals surface area (Å²) in [6.45, 7) is 2.32. The molecule has 0 saturated carbocycles. The Kier molecular flexibility index (Phi) is 8.47. The zero-order valence-electron chi connectivity index (χ0n) is 22.9. The molecule has 5 aromatic rings. The summed E-state index contributed by atoms with van der Waals surface area (Å²) < 4.78 is 80.2. The van der Waals surface area contributed by atoms with Crippen molar-refractivity contribution in [2.45, 2.75) is 19.2 Å². The summed E-state index contributed by atoms with van der Waals surface area (Å²) in [5.74, 6) is 0.603. The lowest BCUT2D eigenvalue weighted by Crippen LogP contribution is -2.41. The summed E-state index contributed by atoms with van der Waals surface area (Å²) in [6.07, 6.45) is -9.82. The van der Waals surface area contributed by atoms with E-state index in [1.807, 2.05) is 13.0 Å². The topological polar surface area (TPSA) is 87.5 Å². The van der Waals surface area contributed by atoms with Gasteiger partial charge in [0.15, 0.2) is 17.3 Å². The maximum absolute atomic E-state index is 13.1. The van der Waals surface area contributed by atoms with Gasteiger partial charge in [0, 0.05) is 11.3 Å². The molecule has 1 heterocycles. The molecule has 1 aromatic heterocycles. The molecule has 8 nitrogen and oxygen atoms in total. The molecular formula is C31H23F5N4O4. The van der Waals surface area contributed by atoms with Gasteiger partial charge in [0.25, 0.3) is 5.91 Å². The van der Waals surface area contributed by atoms with Gasteiger partial charge in [0.1, 0.15) is 17.8 Å². The second kappa shape index (κ2) is 12.4. The second-order valence-corrected chi connectivity index (χ2v) is 9.13. The van der Waals surface area contributed by atoms with E-state index in [0.29, 0.717) is 52.2 Å². The third kappa shape index (κ3) is 6.77. The van der Waals surface area contributed by atoms with E-state index in [1.54, 1.807) is 66.7 Å². The molecule has 5 rings (SSSR count). The van der Waals surface area contributed by atoms with Gasteiger partial charge < -0.3 is 19.5 Å². The number of carbonyl (C=O) groups is 1. The number of hydrogen-bond acceptors (Lipinski definition) is 6. The molecule has 0 aliphatic carbocycles. The fourth-order valence-corrected chi connectivity index (χ4v) is 3.96. The van der Waals surface area contributed by atoms with Crippen molar-refractivity contribution < 1.29 is 41.0 Å². The minimum absolute atomic E-state index is 0.304. The third-order valence-corrected chi connectivity index (χ3v) is 6.07. The van der Waals surface area contributed by atoms with E-state index in [9.17, 15) is 26.7 Å². The quantitative estimate of drug-likeness (QED) is 0.162. The van der Waals surface area contributed by atoms with E-state index < -0.39 is 23.9 Å². The Labute approximate surface area is 247 Å². The first-order chi connectivity index (χ1) is 21.0. The van der Waals surface area contributed by atoms with Crippen molar-refractivity contribution in [2.24, 2.45) is 0 Å². The molecule has 0 bridgehead atoms. The fourth-order valence-electron chi connectivity index (χ4n) is 3.96. The number of alkyl halides is 5. The molecular weight excluding hydrogens is 587 g/mol. The lowest BCUT2D eigenvalue weighted by Gasteiger charge is -2.20. The van der Waals surface area contributed by atoms with Crippen molar-refractivity contribution >= 4 is 11.6 Å². The number of para-hydroxylation sites is 3. The van der Waals surface area contributed by atoms with Crippen LogP contribution in [0, 0.1) is 0 Å². The van der Waals surface area contributed by atoms with Crippen molar-refractivity contribution in [1.29, 1.82) is 0 Å². The van der Waals surface area contributed by atoms with E-state index in [1.165, 1.54) is 23.1 Å². The van der Waals surface area contributed by atoms with Gasteiger partial charge in [-0.1, -0.05) is 24.3 Å². The Morgan fingerprint density at radius 2 is 1.45 bits per heavy atom. The average Bonchev–Trinajstić information content (AvgIpc) is 3.49. The second-order valence-electron chi connectivity index (χ2n) is 9.13. The number of nitrogens with zero attached hydrogens (tertiary/aromatic N) is 3. The zero-order valence-corrected chi connectivity index (χ0v) is 22.9. The molecule has 13 heteroatoms. The summed E-state index contributed by atoms with van der Waals surface area (Å²) >= 11 is 0. The summed E-state index contributed by atoms with van der Waals surface area (Å²) in [5.41, 5.74) is 1.75. The number of halogens is 5. The van der Waals surface area contributed by atoms with Crippen LogP contribution in [0.3, 0.4) is 0 Å². The van der Waals surface area contributed by atoms with E-state index in [0.717, 1.165) is 12.1 Å². The molecule has 0 aliphatic rings. The Hall–Kier alpha value is -5.46. The van der Waals surface area contributed by atoms with E-state index in [2.05, 4.69) is 20.1 Å². The lowest BCUT2D eigenvalue weighted by atomic mass is 10.1. The van der Waals surface area contributed by atoms with Crippen LogP contribution in [-0.2, 0) is 0 Å². The van der Waals surface area contributed by atoms with Crippen LogP contribution in [0.1, 0.15) is 17.3 Å². The van der Waals surface area contributed by atoms with Crippen molar-refractivity contribution in [3.63, 3.8) is 0 Å². The van der Waals surface area contributed by atoms with Crippen LogP contribution in [0.15, 0.2) is 103 Å². The molecule has 0 atom stereocenters. The van der Waals surface area contributed by atoms with Crippen LogP contribution >= 0.6 is 0 Å². The monoisotopic (exact) mass is 610 g/mol. The van der Waals surface area contributed by atoms with E-state index >= 15 is 0 Å². The molecule has 0 aliphatic heterocycles. The Balaban J connectivity index is 1.25. The van der Waals surface area contributed by atoms with Crippen molar-refractivity contribution in [2.75, 3.05) is 11.9 Å². The fraction of sp³-hybridized carbons (Fsp3) is 0.129. The molecule has 1 amide bonds. The highest BCUT2D eigenvalue weighted by atomic mass is 19.4. The standard InChI is InChI=1S/C31H23F5N4O4/c1-2-42-26-9-5-6-10-27(26)43-25-8-4-3-7-24(25)29(41)38-21-13-11-20(12-14-21)28-37-19-40(39-28)22-15-17-23(18-16-22)44-31(35,36)30(32,33)34/h3-19H,2H2,1H3,(H,38,41). The Bertz CT molecular complexity index is 1740. The van der Waals surface area contributed by atoms with Crippen LogP contribution in [0.25, 0.3) is 17.1 Å². The van der Waals surface area contributed by atoms with Gasteiger partial charge in [-0.25, -0.2) is 9.67 Å². The highest BCUT2D eigenvalue weighted by Crippen LogP contribution is 2.37. The number of benzene rings is 4. The number of carbonyl (C=O) groups excluding carboxylic acids is 1. The summed E-state index contributed by atoms with van der Waals surface area (Å²) in [7, 11) is 0. The molecule has 226 valence electrons. The SMILES string of the molecule is CCOc1ccccc1Oc1ccccc1C(=O)Nc1ccc(-c2ncn(-c3ccc(OC(F)(F)C(F)(F)F)cc3)n2)cc1. The highest BCUT2D eigenvalue weighted by Gasteiger charge is 2.61. The zero-order chi connectivity index (χ0) is 31.3. The normalized spacial score (nSPS) is 11.6. The molecule has 4 aromatic carbocycles. The summed E-state index contributed by atoms with van der Waals surface area (Å²) in [6, 6.07) is 25.1. The summed E-state index contributed by atoms with van der Waals surface area (Å²) in [4.78, 5) is 17.4. The minimum atomic E-state index is -5.85. The number of rotatable bonds is 10. The summed E-state index contributed by atoms with van der Waals surface area (Å²) in [5, 5.41) is 7.16. The minimum Gasteiger partial charge on any atom is -0.490 e. The predicted octanol–water partition coefficient (Wildman–Crippen LogP) is 7.91.